The Bertz CT molecular complexity index is 827. The van der Waals surface area contributed by atoms with Crippen molar-refractivity contribution in [2.45, 2.75) is 83.3 Å². The minimum absolute atomic E-state index is 0.0436. The van der Waals surface area contributed by atoms with Gasteiger partial charge in [-0.25, -0.2) is 4.39 Å². The number of hydrogen-bond acceptors (Lipinski definition) is 5. The van der Waals surface area contributed by atoms with Crippen LogP contribution < -0.4 is 4.90 Å². The number of carbonyl (C=O) groups is 2. The number of hydrogen-bond donors (Lipinski definition) is 0. The van der Waals surface area contributed by atoms with E-state index in [1.54, 1.807) is 0 Å². The van der Waals surface area contributed by atoms with Crippen LogP contribution >= 0.6 is 0 Å². The SMILES string of the molecule is C[C@H]1CN(c2ccc(F)cc2)CCN1CC[C@H]1CCCC(CC(=O)N2CCCC2)CCCC(=O)O1. The number of benzene rings is 1. The topological polar surface area (TPSA) is 53.1 Å². The van der Waals surface area contributed by atoms with Crippen molar-refractivity contribution in [3.05, 3.63) is 30.1 Å². The van der Waals surface area contributed by atoms with Gasteiger partial charge in [0.15, 0.2) is 0 Å². The maximum absolute atomic E-state index is 13.3. The highest BCUT2D eigenvalue weighted by molar-refractivity contribution is 5.76. The van der Waals surface area contributed by atoms with Crippen LogP contribution in [0.25, 0.3) is 0 Å². The Morgan fingerprint density at radius 2 is 1.74 bits per heavy atom. The largest absolute Gasteiger partial charge is 0.462 e. The Kier molecular flexibility index (Phi) is 9.41. The molecule has 1 unspecified atom stereocenters. The number of nitrogens with zero attached hydrogens (tertiary/aromatic N) is 3. The van der Waals surface area contributed by atoms with Gasteiger partial charge in [0.1, 0.15) is 11.9 Å². The van der Waals surface area contributed by atoms with E-state index in [1.807, 2.05) is 17.0 Å². The molecule has 7 heteroatoms. The Hall–Kier alpha value is -2.15. The van der Waals surface area contributed by atoms with E-state index in [2.05, 4.69) is 16.7 Å². The molecule has 3 saturated heterocycles. The molecule has 194 valence electrons. The van der Waals surface area contributed by atoms with Crippen LogP contribution in [0.3, 0.4) is 0 Å². The number of carbonyl (C=O) groups excluding carboxylic acids is 2. The Morgan fingerprint density at radius 3 is 2.49 bits per heavy atom. The molecule has 1 aromatic rings. The first-order valence-corrected chi connectivity index (χ1v) is 13.7. The first-order valence-electron chi connectivity index (χ1n) is 13.7. The summed E-state index contributed by atoms with van der Waals surface area (Å²) >= 11 is 0. The van der Waals surface area contributed by atoms with E-state index >= 15 is 0 Å². The molecule has 0 saturated carbocycles. The first kappa shape index (κ1) is 25.9. The van der Waals surface area contributed by atoms with Gasteiger partial charge in [-0.3, -0.25) is 14.5 Å². The number of amides is 1. The van der Waals surface area contributed by atoms with E-state index in [0.29, 0.717) is 30.7 Å². The van der Waals surface area contributed by atoms with Crippen LogP contribution in [0.15, 0.2) is 24.3 Å². The molecule has 0 spiro atoms. The van der Waals surface area contributed by atoms with Crippen molar-refractivity contribution in [3.63, 3.8) is 0 Å². The van der Waals surface area contributed by atoms with Crippen LogP contribution in [-0.2, 0) is 14.3 Å². The molecule has 0 bridgehead atoms. The molecule has 0 aromatic heterocycles. The lowest BCUT2D eigenvalue weighted by Crippen LogP contribution is -2.52. The molecule has 3 fully saturated rings. The fourth-order valence-electron chi connectivity index (χ4n) is 5.89. The average molecular weight is 488 g/mol. The van der Waals surface area contributed by atoms with E-state index in [-0.39, 0.29) is 17.9 Å². The summed E-state index contributed by atoms with van der Waals surface area (Å²) < 4.78 is 19.1. The molecular weight excluding hydrogens is 445 g/mol. The normalized spacial score (nSPS) is 27.0. The number of anilines is 1. The molecule has 4 rings (SSSR count). The molecule has 3 heterocycles. The van der Waals surface area contributed by atoms with Crippen LogP contribution in [-0.4, -0.2) is 73.1 Å². The summed E-state index contributed by atoms with van der Waals surface area (Å²) in [7, 11) is 0. The molecule has 3 aliphatic rings. The van der Waals surface area contributed by atoms with Gasteiger partial charge in [0.25, 0.3) is 0 Å². The molecule has 35 heavy (non-hydrogen) atoms. The number of likely N-dealkylation sites (tertiary alicyclic amines) is 1. The summed E-state index contributed by atoms with van der Waals surface area (Å²) in [5.41, 5.74) is 1.07. The molecule has 3 atom stereocenters. The average Bonchev–Trinajstić information content (AvgIpc) is 3.38. The lowest BCUT2D eigenvalue weighted by molar-refractivity contribution is -0.150. The van der Waals surface area contributed by atoms with Crippen molar-refractivity contribution >= 4 is 17.6 Å². The standard InChI is InChI=1S/C28H42FN3O3/c1-22-21-32(25-12-10-24(29)11-13-25)19-18-30(22)17-14-26-8-4-6-23(7-5-9-28(34)35-26)20-27(33)31-15-2-3-16-31/h10-13,22-23,26H,2-9,14-21H2,1H3/t22-,23?,26+/m0/s1. The van der Waals surface area contributed by atoms with Gasteiger partial charge >= 0.3 is 5.97 Å². The van der Waals surface area contributed by atoms with Gasteiger partial charge in [-0.2, -0.15) is 0 Å². The number of esters is 1. The molecule has 3 aliphatic heterocycles. The Balaban J connectivity index is 1.23. The molecule has 1 amide bonds. The summed E-state index contributed by atoms with van der Waals surface area (Å²) in [5.74, 6) is 0.396. The van der Waals surface area contributed by atoms with Crippen molar-refractivity contribution in [2.24, 2.45) is 5.92 Å². The van der Waals surface area contributed by atoms with Gasteiger partial charge in [0.05, 0.1) is 0 Å². The smallest absolute Gasteiger partial charge is 0.306 e. The number of piperazine rings is 1. The van der Waals surface area contributed by atoms with E-state index in [1.165, 1.54) is 12.1 Å². The Morgan fingerprint density at radius 1 is 1.00 bits per heavy atom. The minimum atomic E-state index is -0.204. The summed E-state index contributed by atoms with van der Waals surface area (Å²) in [6.45, 7) is 7.73. The second kappa shape index (κ2) is 12.7. The highest BCUT2D eigenvalue weighted by Crippen LogP contribution is 2.26. The van der Waals surface area contributed by atoms with Gasteiger partial charge in [-0.1, -0.05) is 0 Å². The third-order valence-electron chi connectivity index (χ3n) is 8.05. The lowest BCUT2D eigenvalue weighted by atomic mass is 9.90. The Labute approximate surface area is 209 Å². The zero-order chi connectivity index (χ0) is 24.6. The summed E-state index contributed by atoms with van der Waals surface area (Å²) in [4.78, 5) is 31.9. The molecule has 6 nitrogen and oxygen atoms in total. The second-order valence-corrected chi connectivity index (χ2v) is 10.7. The van der Waals surface area contributed by atoms with Crippen molar-refractivity contribution < 1.29 is 18.7 Å². The van der Waals surface area contributed by atoms with Gasteiger partial charge in [-0.05, 0) is 88.5 Å². The molecule has 0 aliphatic carbocycles. The zero-order valence-electron chi connectivity index (χ0n) is 21.3. The van der Waals surface area contributed by atoms with Crippen LogP contribution in [0.1, 0.15) is 71.1 Å². The van der Waals surface area contributed by atoms with Crippen LogP contribution in [0.5, 0.6) is 0 Å². The van der Waals surface area contributed by atoms with Gasteiger partial charge in [0, 0.05) is 63.8 Å². The predicted octanol–water partition coefficient (Wildman–Crippen LogP) is 4.62. The predicted molar refractivity (Wildman–Crippen MR) is 136 cm³/mol. The van der Waals surface area contributed by atoms with Crippen molar-refractivity contribution in [1.82, 2.24) is 9.80 Å². The number of cyclic esters (lactones) is 1. The fraction of sp³-hybridized carbons (Fsp3) is 0.714. The molecular formula is C28H42FN3O3. The number of rotatable bonds is 6. The number of ether oxygens (including phenoxy) is 1. The van der Waals surface area contributed by atoms with E-state index in [9.17, 15) is 14.0 Å². The zero-order valence-corrected chi connectivity index (χ0v) is 21.3. The maximum atomic E-state index is 13.3. The van der Waals surface area contributed by atoms with Gasteiger partial charge in [-0.15, -0.1) is 0 Å². The monoisotopic (exact) mass is 487 g/mol. The summed E-state index contributed by atoms with van der Waals surface area (Å²) in [6.07, 6.45) is 8.83. The van der Waals surface area contributed by atoms with Gasteiger partial charge < -0.3 is 14.5 Å². The van der Waals surface area contributed by atoms with Gasteiger partial charge in [0.2, 0.25) is 5.91 Å². The van der Waals surface area contributed by atoms with Crippen molar-refractivity contribution in [3.8, 4) is 0 Å². The third kappa shape index (κ3) is 7.66. The second-order valence-electron chi connectivity index (χ2n) is 10.7. The van der Waals surface area contributed by atoms with Crippen LogP contribution in [0, 0.1) is 11.7 Å². The maximum Gasteiger partial charge on any atom is 0.306 e. The van der Waals surface area contributed by atoms with E-state index < -0.39 is 0 Å². The highest BCUT2D eigenvalue weighted by atomic mass is 19.1. The molecule has 0 radical (unpaired) electrons. The van der Waals surface area contributed by atoms with Crippen molar-refractivity contribution in [1.29, 1.82) is 0 Å². The van der Waals surface area contributed by atoms with E-state index in [0.717, 1.165) is 96.3 Å². The quantitative estimate of drug-likeness (QED) is 0.548. The molecule has 1 aromatic carbocycles. The minimum Gasteiger partial charge on any atom is -0.462 e. The molecule has 0 N–H and O–H groups in total. The fourth-order valence-corrected chi connectivity index (χ4v) is 5.89. The summed E-state index contributed by atoms with van der Waals surface area (Å²) in [6, 6.07) is 7.12. The highest BCUT2D eigenvalue weighted by Gasteiger charge is 2.27. The van der Waals surface area contributed by atoms with E-state index in [4.69, 9.17) is 4.74 Å². The van der Waals surface area contributed by atoms with Crippen LogP contribution in [0.4, 0.5) is 10.1 Å². The first-order chi connectivity index (χ1) is 17.0. The van der Waals surface area contributed by atoms with Crippen molar-refractivity contribution in [2.75, 3.05) is 44.2 Å². The summed E-state index contributed by atoms with van der Waals surface area (Å²) in [5, 5.41) is 0. The van der Waals surface area contributed by atoms with Crippen LogP contribution in [0.2, 0.25) is 0 Å². The lowest BCUT2D eigenvalue weighted by Gasteiger charge is -2.41. The third-order valence-corrected chi connectivity index (χ3v) is 8.05. The number of halogens is 1.